The second-order valence-corrected chi connectivity index (χ2v) is 6.73. The standard InChI is InChI=1S/C22H21N5O2/c1-16-24-19-9-5-6-10-20(19)26(16)14-13-23-21(28)15-27-22(29)12-11-18(25-27)17-7-3-2-4-8-17/h2-12H,13-15H2,1H3,(H,23,28). The number of carbonyl (C=O) groups is 1. The fourth-order valence-corrected chi connectivity index (χ4v) is 3.30. The third-order valence-corrected chi connectivity index (χ3v) is 4.73. The van der Waals surface area contributed by atoms with Crippen LogP contribution in [-0.2, 0) is 17.9 Å². The number of aromatic nitrogens is 4. The molecule has 0 saturated carbocycles. The monoisotopic (exact) mass is 387 g/mol. The molecule has 2 aromatic carbocycles. The van der Waals surface area contributed by atoms with Crippen LogP contribution in [0.3, 0.4) is 0 Å². The third-order valence-electron chi connectivity index (χ3n) is 4.73. The lowest BCUT2D eigenvalue weighted by molar-refractivity contribution is -0.121. The average molecular weight is 387 g/mol. The maximum Gasteiger partial charge on any atom is 0.267 e. The highest BCUT2D eigenvalue weighted by Crippen LogP contribution is 2.15. The molecule has 0 aliphatic heterocycles. The van der Waals surface area contributed by atoms with Crippen LogP contribution in [0, 0.1) is 6.92 Å². The van der Waals surface area contributed by atoms with E-state index in [1.165, 1.54) is 10.7 Å². The zero-order valence-electron chi connectivity index (χ0n) is 16.1. The largest absolute Gasteiger partial charge is 0.353 e. The molecule has 146 valence electrons. The maximum absolute atomic E-state index is 12.4. The van der Waals surface area contributed by atoms with Gasteiger partial charge in [0.15, 0.2) is 0 Å². The van der Waals surface area contributed by atoms with E-state index >= 15 is 0 Å². The fourth-order valence-electron chi connectivity index (χ4n) is 3.30. The molecule has 7 nitrogen and oxygen atoms in total. The quantitative estimate of drug-likeness (QED) is 0.551. The average Bonchev–Trinajstić information content (AvgIpc) is 3.05. The van der Waals surface area contributed by atoms with Gasteiger partial charge in [0.2, 0.25) is 5.91 Å². The van der Waals surface area contributed by atoms with Gasteiger partial charge in [-0.3, -0.25) is 9.59 Å². The first-order valence-electron chi connectivity index (χ1n) is 9.44. The number of carbonyl (C=O) groups excluding carboxylic acids is 1. The summed E-state index contributed by atoms with van der Waals surface area (Å²) in [5.41, 5.74) is 3.21. The predicted octanol–water partition coefficient (Wildman–Crippen LogP) is 2.38. The minimum Gasteiger partial charge on any atom is -0.353 e. The number of para-hydroxylation sites is 2. The number of hydrogen-bond donors (Lipinski definition) is 1. The molecule has 0 fully saturated rings. The van der Waals surface area contributed by atoms with E-state index in [4.69, 9.17) is 0 Å². The molecule has 7 heteroatoms. The summed E-state index contributed by atoms with van der Waals surface area (Å²) in [4.78, 5) is 29.0. The molecule has 2 aromatic heterocycles. The SMILES string of the molecule is Cc1nc2ccccc2n1CCNC(=O)Cn1nc(-c2ccccc2)ccc1=O. The van der Waals surface area contributed by atoms with Crippen LogP contribution in [-0.4, -0.2) is 31.8 Å². The second-order valence-electron chi connectivity index (χ2n) is 6.73. The Kier molecular flexibility index (Phi) is 5.20. The summed E-state index contributed by atoms with van der Waals surface area (Å²) in [7, 11) is 0. The van der Waals surface area contributed by atoms with Crippen molar-refractivity contribution in [2.24, 2.45) is 0 Å². The molecule has 0 atom stereocenters. The van der Waals surface area contributed by atoms with Crippen molar-refractivity contribution in [1.29, 1.82) is 0 Å². The highest BCUT2D eigenvalue weighted by Gasteiger charge is 2.09. The van der Waals surface area contributed by atoms with Crippen molar-refractivity contribution < 1.29 is 4.79 Å². The van der Waals surface area contributed by atoms with E-state index in [2.05, 4.69) is 20.0 Å². The lowest BCUT2D eigenvalue weighted by Crippen LogP contribution is -2.35. The topological polar surface area (TPSA) is 81.8 Å². The zero-order valence-corrected chi connectivity index (χ0v) is 16.1. The number of amides is 1. The van der Waals surface area contributed by atoms with Crippen molar-refractivity contribution in [2.75, 3.05) is 6.54 Å². The summed E-state index contributed by atoms with van der Waals surface area (Å²) >= 11 is 0. The van der Waals surface area contributed by atoms with Gasteiger partial charge in [-0.1, -0.05) is 42.5 Å². The minimum atomic E-state index is -0.309. The molecule has 4 rings (SSSR count). The van der Waals surface area contributed by atoms with E-state index in [0.29, 0.717) is 18.8 Å². The number of fused-ring (bicyclic) bond motifs is 1. The first-order chi connectivity index (χ1) is 14.1. The van der Waals surface area contributed by atoms with Crippen LogP contribution in [0.2, 0.25) is 0 Å². The lowest BCUT2D eigenvalue weighted by atomic mass is 10.1. The number of hydrogen-bond acceptors (Lipinski definition) is 4. The molecule has 1 N–H and O–H groups in total. The van der Waals surface area contributed by atoms with E-state index in [9.17, 15) is 9.59 Å². The van der Waals surface area contributed by atoms with Crippen molar-refractivity contribution >= 4 is 16.9 Å². The zero-order chi connectivity index (χ0) is 20.2. The number of nitrogens with zero attached hydrogens (tertiary/aromatic N) is 4. The summed E-state index contributed by atoms with van der Waals surface area (Å²) < 4.78 is 3.26. The molecule has 0 aliphatic carbocycles. The predicted molar refractivity (Wildman–Crippen MR) is 111 cm³/mol. The summed E-state index contributed by atoms with van der Waals surface area (Å²) in [6.07, 6.45) is 0. The van der Waals surface area contributed by atoms with Gasteiger partial charge in [0.05, 0.1) is 16.7 Å². The Hall–Kier alpha value is -3.74. The number of nitrogens with one attached hydrogen (secondary N) is 1. The van der Waals surface area contributed by atoms with Gasteiger partial charge in [-0.15, -0.1) is 0 Å². The molecule has 0 unspecified atom stereocenters. The Morgan fingerprint density at radius 3 is 2.59 bits per heavy atom. The molecule has 1 amide bonds. The molecule has 0 saturated heterocycles. The van der Waals surface area contributed by atoms with Gasteiger partial charge in [-0.25, -0.2) is 9.67 Å². The van der Waals surface area contributed by atoms with Crippen molar-refractivity contribution in [2.45, 2.75) is 20.0 Å². The Bertz CT molecular complexity index is 1210. The molecule has 0 spiro atoms. The molecule has 29 heavy (non-hydrogen) atoms. The van der Waals surface area contributed by atoms with Crippen LogP contribution in [0.25, 0.3) is 22.3 Å². The highest BCUT2D eigenvalue weighted by atomic mass is 16.2. The Morgan fingerprint density at radius 1 is 1.00 bits per heavy atom. The first kappa shape index (κ1) is 18.6. The van der Waals surface area contributed by atoms with E-state index in [1.54, 1.807) is 6.07 Å². The number of benzene rings is 2. The van der Waals surface area contributed by atoms with Gasteiger partial charge in [0.1, 0.15) is 12.4 Å². The molecular formula is C22H21N5O2. The van der Waals surface area contributed by atoms with Crippen LogP contribution in [0.4, 0.5) is 0 Å². The second kappa shape index (κ2) is 8.10. The van der Waals surface area contributed by atoms with Crippen LogP contribution < -0.4 is 10.9 Å². The fraction of sp³-hybridized carbons (Fsp3) is 0.182. The minimum absolute atomic E-state index is 0.122. The van der Waals surface area contributed by atoms with Gasteiger partial charge < -0.3 is 9.88 Å². The van der Waals surface area contributed by atoms with Crippen LogP contribution in [0.1, 0.15) is 5.82 Å². The molecular weight excluding hydrogens is 366 g/mol. The number of imidazole rings is 1. The molecule has 0 radical (unpaired) electrons. The maximum atomic E-state index is 12.4. The molecule has 4 aromatic rings. The third kappa shape index (κ3) is 4.08. The normalized spacial score (nSPS) is 10.9. The summed E-state index contributed by atoms with van der Waals surface area (Å²) in [5, 5.41) is 7.18. The van der Waals surface area contributed by atoms with Crippen LogP contribution in [0.15, 0.2) is 71.5 Å². The molecule has 0 bridgehead atoms. The van der Waals surface area contributed by atoms with Crippen molar-refractivity contribution in [3.05, 3.63) is 82.9 Å². The van der Waals surface area contributed by atoms with Gasteiger partial charge in [0, 0.05) is 24.7 Å². The van der Waals surface area contributed by atoms with E-state index < -0.39 is 0 Å². The van der Waals surface area contributed by atoms with Crippen molar-refractivity contribution in [3.63, 3.8) is 0 Å². The number of rotatable bonds is 6. The first-order valence-corrected chi connectivity index (χ1v) is 9.44. The van der Waals surface area contributed by atoms with Crippen LogP contribution in [0.5, 0.6) is 0 Å². The van der Waals surface area contributed by atoms with E-state index in [-0.39, 0.29) is 18.0 Å². The van der Waals surface area contributed by atoms with Gasteiger partial charge >= 0.3 is 0 Å². The number of aryl methyl sites for hydroxylation is 1. The van der Waals surface area contributed by atoms with Crippen molar-refractivity contribution in [3.8, 4) is 11.3 Å². The Morgan fingerprint density at radius 2 is 1.76 bits per heavy atom. The lowest BCUT2D eigenvalue weighted by Gasteiger charge is -2.10. The molecule has 0 aliphatic rings. The smallest absolute Gasteiger partial charge is 0.267 e. The van der Waals surface area contributed by atoms with Gasteiger partial charge in [-0.05, 0) is 25.1 Å². The summed E-state index contributed by atoms with van der Waals surface area (Å²) in [6, 6.07) is 20.5. The van der Waals surface area contributed by atoms with E-state index in [1.807, 2.05) is 61.5 Å². The van der Waals surface area contributed by atoms with Gasteiger partial charge in [-0.2, -0.15) is 5.10 Å². The Labute approximate surface area is 167 Å². The van der Waals surface area contributed by atoms with Crippen LogP contribution >= 0.6 is 0 Å². The van der Waals surface area contributed by atoms with E-state index in [0.717, 1.165) is 22.4 Å². The van der Waals surface area contributed by atoms with Gasteiger partial charge in [0.25, 0.3) is 5.56 Å². The molecule has 2 heterocycles. The summed E-state index contributed by atoms with van der Waals surface area (Å²) in [6.45, 7) is 2.86. The Balaban J connectivity index is 1.41. The van der Waals surface area contributed by atoms with Crippen molar-refractivity contribution in [1.82, 2.24) is 24.6 Å². The highest BCUT2D eigenvalue weighted by molar-refractivity contribution is 5.76. The summed E-state index contributed by atoms with van der Waals surface area (Å²) in [5.74, 6) is 0.640.